The van der Waals surface area contributed by atoms with Crippen molar-refractivity contribution in [2.75, 3.05) is 0 Å². The predicted octanol–water partition coefficient (Wildman–Crippen LogP) is 3.32. The van der Waals surface area contributed by atoms with Crippen LogP contribution in [0.4, 0.5) is 0 Å². The van der Waals surface area contributed by atoms with Gasteiger partial charge in [-0.05, 0) is 51.4 Å². The third kappa shape index (κ3) is 2.45. The van der Waals surface area contributed by atoms with E-state index in [1.807, 2.05) is 13.8 Å². The van der Waals surface area contributed by atoms with Crippen LogP contribution in [0.15, 0.2) is 0 Å². The molecule has 6 atom stereocenters. The van der Waals surface area contributed by atoms with Crippen LogP contribution in [0, 0.1) is 29.1 Å². The molecule has 2 saturated carbocycles. The number of carbonyl (C=O) groups is 3. The second-order valence-electron chi connectivity index (χ2n) is 8.43. The van der Waals surface area contributed by atoms with E-state index in [4.69, 9.17) is 4.74 Å². The third-order valence-corrected chi connectivity index (χ3v) is 7.08. The Bertz CT molecular complexity index is 554. The number of hydrogen-bond donors (Lipinski definition) is 0. The van der Waals surface area contributed by atoms with E-state index < -0.39 is 5.60 Å². The second-order valence-corrected chi connectivity index (χ2v) is 8.43. The molecule has 23 heavy (non-hydrogen) atoms. The maximum Gasteiger partial charge on any atom is 0.309 e. The fourth-order valence-electron chi connectivity index (χ4n) is 5.59. The van der Waals surface area contributed by atoms with Crippen molar-refractivity contribution in [2.24, 2.45) is 29.1 Å². The van der Waals surface area contributed by atoms with Gasteiger partial charge in [0.2, 0.25) is 0 Å². The van der Waals surface area contributed by atoms with Crippen molar-refractivity contribution in [3.63, 3.8) is 0 Å². The molecule has 0 spiro atoms. The molecule has 0 unspecified atom stereocenters. The Labute approximate surface area is 138 Å². The smallest absolute Gasteiger partial charge is 0.309 e. The molecule has 3 aliphatic rings. The lowest BCUT2D eigenvalue weighted by Gasteiger charge is -2.55. The van der Waals surface area contributed by atoms with Crippen molar-refractivity contribution in [1.82, 2.24) is 0 Å². The minimum absolute atomic E-state index is 0.133. The van der Waals surface area contributed by atoms with Gasteiger partial charge in [0.1, 0.15) is 17.2 Å². The van der Waals surface area contributed by atoms with Crippen molar-refractivity contribution < 1.29 is 19.1 Å². The zero-order valence-corrected chi connectivity index (χ0v) is 14.7. The summed E-state index contributed by atoms with van der Waals surface area (Å²) in [5.41, 5.74) is -0.818. The second kappa shape index (κ2) is 5.42. The molecule has 0 aromatic rings. The van der Waals surface area contributed by atoms with Crippen LogP contribution >= 0.6 is 0 Å². The summed E-state index contributed by atoms with van der Waals surface area (Å²) in [5, 5.41) is 0. The highest BCUT2D eigenvalue weighted by molar-refractivity contribution is 5.87. The minimum Gasteiger partial charge on any atom is -0.459 e. The maximum absolute atomic E-state index is 12.5. The summed E-state index contributed by atoms with van der Waals surface area (Å²) < 4.78 is 5.84. The Morgan fingerprint density at radius 1 is 1.22 bits per heavy atom. The van der Waals surface area contributed by atoms with Gasteiger partial charge in [-0.1, -0.05) is 13.8 Å². The van der Waals surface area contributed by atoms with Crippen molar-refractivity contribution in [2.45, 2.75) is 71.8 Å². The Morgan fingerprint density at radius 2 is 1.91 bits per heavy atom. The van der Waals surface area contributed by atoms with Crippen molar-refractivity contribution in [3.05, 3.63) is 0 Å². The van der Waals surface area contributed by atoms with Gasteiger partial charge < -0.3 is 9.53 Å². The average Bonchev–Trinajstić information content (AvgIpc) is 2.78. The first-order chi connectivity index (χ1) is 10.7. The quantitative estimate of drug-likeness (QED) is 0.748. The van der Waals surface area contributed by atoms with Gasteiger partial charge in [-0.2, -0.15) is 0 Å². The van der Waals surface area contributed by atoms with E-state index >= 15 is 0 Å². The summed E-state index contributed by atoms with van der Waals surface area (Å²) >= 11 is 0. The first-order valence-electron chi connectivity index (χ1n) is 8.94. The SMILES string of the molecule is CC(=O)CC[C@@]1(C)OC(=O)[C@@H](C)[C@@H]2[C@@H]1CC[C@@]1(C)C(=O)CC[C@@H]21. The lowest BCUT2D eigenvalue weighted by Crippen LogP contribution is -2.58. The Kier molecular flexibility index (Phi) is 3.93. The molecule has 1 heterocycles. The Hall–Kier alpha value is -1.19. The maximum atomic E-state index is 12.5. The van der Waals surface area contributed by atoms with Gasteiger partial charge in [-0.15, -0.1) is 0 Å². The number of hydrogen-bond acceptors (Lipinski definition) is 4. The molecule has 4 nitrogen and oxygen atoms in total. The monoisotopic (exact) mass is 320 g/mol. The van der Waals surface area contributed by atoms with E-state index in [0.717, 1.165) is 19.3 Å². The van der Waals surface area contributed by atoms with E-state index in [1.165, 1.54) is 0 Å². The number of rotatable bonds is 3. The highest BCUT2D eigenvalue weighted by atomic mass is 16.6. The lowest BCUT2D eigenvalue weighted by atomic mass is 9.52. The van der Waals surface area contributed by atoms with Crippen LogP contribution in [0.2, 0.25) is 0 Å². The molecule has 128 valence electrons. The van der Waals surface area contributed by atoms with Gasteiger partial charge in [-0.25, -0.2) is 0 Å². The van der Waals surface area contributed by atoms with Crippen LogP contribution in [-0.2, 0) is 19.1 Å². The molecule has 0 aromatic heterocycles. The van der Waals surface area contributed by atoms with Gasteiger partial charge in [0.25, 0.3) is 0 Å². The number of carbonyl (C=O) groups excluding carboxylic acids is 3. The van der Waals surface area contributed by atoms with Crippen LogP contribution in [-0.4, -0.2) is 23.1 Å². The van der Waals surface area contributed by atoms with Crippen molar-refractivity contribution in [1.29, 1.82) is 0 Å². The van der Waals surface area contributed by atoms with E-state index in [9.17, 15) is 14.4 Å². The van der Waals surface area contributed by atoms with E-state index in [2.05, 4.69) is 6.92 Å². The van der Waals surface area contributed by atoms with E-state index in [0.29, 0.717) is 25.0 Å². The molecule has 3 rings (SSSR count). The summed E-state index contributed by atoms with van der Waals surface area (Å²) in [4.78, 5) is 36.3. The summed E-state index contributed by atoms with van der Waals surface area (Å²) in [5.74, 6) is 0.957. The number of cyclic esters (lactones) is 1. The molecule has 0 bridgehead atoms. The van der Waals surface area contributed by atoms with Crippen LogP contribution in [0.3, 0.4) is 0 Å². The molecule has 1 saturated heterocycles. The first kappa shape index (κ1) is 16.7. The normalized spacial score (nSPS) is 46.1. The van der Waals surface area contributed by atoms with Crippen LogP contribution < -0.4 is 0 Å². The summed E-state index contributed by atoms with van der Waals surface area (Å²) in [6, 6.07) is 0. The number of ether oxygens (including phenoxy) is 1. The van der Waals surface area contributed by atoms with E-state index in [1.54, 1.807) is 6.92 Å². The summed E-state index contributed by atoms with van der Waals surface area (Å²) in [7, 11) is 0. The fourth-order valence-corrected chi connectivity index (χ4v) is 5.59. The molecular weight excluding hydrogens is 292 g/mol. The molecule has 0 amide bonds. The van der Waals surface area contributed by atoms with Gasteiger partial charge >= 0.3 is 5.97 Å². The van der Waals surface area contributed by atoms with Gasteiger partial charge in [0.15, 0.2) is 0 Å². The zero-order chi connectivity index (χ0) is 17.0. The Balaban J connectivity index is 1.93. The van der Waals surface area contributed by atoms with E-state index in [-0.39, 0.29) is 40.8 Å². The molecular formula is C19H28O4. The molecule has 3 fully saturated rings. The molecule has 2 aliphatic carbocycles. The largest absolute Gasteiger partial charge is 0.459 e. The number of esters is 1. The first-order valence-corrected chi connectivity index (χ1v) is 8.94. The van der Waals surface area contributed by atoms with Gasteiger partial charge in [0, 0.05) is 24.2 Å². The third-order valence-electron chi connectivity index (χ3n) is 7.08. The summed E-state index contributed by atoms with van der Waals surface area (Å²) in [6.07, 6.45) is 4.39. The average molecular weight is 320 g/mol. The number of Topliss-reactive ketones (excluding diaryl/α,β-unsaturated/α-hetero) is 2. The molecule has 0 aromatic carbocycles. The highest BCUT2D eigenvalue weighted by Gasteiger charge is 2.61. The highest BCUT2D eigenvalue weighted by Crippen LogP contribution is 2.60. The number of ketones is 2. The topological polar surface area (TPSA) is 60.4 Å². The minimum atomic E-state index is -0.563. The number of fused-ring (bicyclic) bond motifs is 3. The van der Waals surface area contributed by atoms with Crippen LogP contribution in [0.25, 0.3) is 0 Å². The van der Waals surface area contributed by atoms with Gasteiger partial charge in [0.05, 0.1) is 5.92 Å². The van der Waals surface area contributed by atoms with Crippen molar-refractivity contribution >= 4 is 17.5 Å². The standard InChI is InChI=1S/C19H28O4/c1-11(20)7-10-19(4)14-8-9-18(3)13(5-6-15(18)21)16(14)12(2)17(22)23-19/h12-14,16H,5-10H2,1-4H3/t12-,13-,14-,16-,18+,19+/m0/s1. The molecule has 0 radical (unpaired) electrons. The molecule has 4 heteroatoms. The van der Waals surface area contributed by atoms with Gasteiger partial charge in [-0.3, -0.25) is 9.59 Å². The zero-order valence-electron chi connectivity index (χ0n) is 14.7. The van der Waals surface area contributed by atoms with Crippen LogP contribution in [0.1, 0.15) is 66.2 Å². The molecule has 0 N–H and O–H groups in total. The Morgan fingerprint density at radius 3 is 2.57 bits per heavy atom. The predicted molar refractivity (Wildman–Crippen MR) is 85.6 cm³/mol. The van der Waals surface area contributed by atoms with Crippen LogP contribution in [0.5, 0.6) is 0 Å². The summed E-state index contributed by atoms with van der Waals surface area (Å²) in [6.45, 7) is 7.64. The lowest BCUT2D eigenvalue weighted by molar-refractivity contribution is -0.207. The molecule has 1 aliphatic heterocycles. The fraction of sp³-hybridized carbons (Fsp3) is 0.842. The van der Waals surface area contributed by atoms with Crippen molar-refractivity contribution in [3.8, 4) is 0 Å².